The molecule has 6 nitrogen and oxygen atoms in total. The molecule has 0 saturated heterocycles. The van der Waals surface area contributed by atoms with E-state index in [9.17, 15) is 9.59 Å². The highest BCUT2D eigenvalue weighted by Crippen LogP contribution is 2.21. The summed E-state index contributed by atoms with van der Waals surface area (Å²) in [4.78, 5) is 24.0. The lowest BCUT2D eigenvalue weighted by molar-refractivity contribution is -0.133. The van der Waals surface area contributed by atoms with E-state index >= 15 is 0 Å². The lowest BCUT2D eigenvalue weighted by Gasteiger charge is -2.12. The van der Waals surface area contributed by atoms with Crippen molar-refractivity contribution in [3.8, 4) is 0 Å². The standard InChI is InChI=1S/C16H20N4O2/c1-5-20-9-13(8-17-20)18-15(21)16(22)19-14-11(3)6-10(2)7-12(14)4/h6-9H,5H2,1-4H3,(H,18,21)(H,19,22). The maximum Gasteiger partial charge on any atom is 0.314 e. The largest absolute Gasteiger partial charge is 0.317 e. The highest BCUT2D eigenvalue weighted by Gasteiger charge is 2.17. The Labute approximate surface area is 129 Å². The molecule has 2 aromatic rings. The topological polar surface area (TPSA) is 76.0 Å². The van der Waals surface area contributed by atoms with Crippen molar-refractivity contribution in [3.05, 3.63) is 41.2 Å². The Kier molecular flexibility index (Phi) is 4.60. The maximum absolute atomic E-state index is 12.0. The molecule has 0 saturated carbocycles. The van der Waals surface area contributed by atoms with Gasteiger partial charge in [-0.2, -0.15) is 5.10 Å². The summed E-state index contributed by atoms with van der Waals surface area (Å²) in [6.45, 7) is 8.43. The van der Waals surface area contributed by atoms with Crippen LogP contribution in [-0.4, -0.2) is 21.6 Å². The normalized spacial score (nSPS) is 10.4. The minimum atomic E-state index is -0.713. The van der Waals surface area contributed by atoms with Gasteiger partial charge in [0.05, 0.1) is 11.9 Å². The molecule has 6 heteroatoms. The van der Waals surface area contributed by atoms with Crippen LogP contribution in [0.4, 0.5) is 11.4 Å². The van der Waals surface area contributed by atoms with Gasteiger partial charge in [-0.3, -0.25) is 14.3 Å². The van der Waals surface area contributed by atoms with Gasteiger partial charge in [0.1, 0.15) is 0 Å². The highest BCUT2D eigenvalue weighted by molar-refractivity contribution is 6.43. The van der Waals surface area contributed by atoms with Crippen molar-refractivity contribution < 1.29 is 9.59 Å². The van der Waals surface area contributed by atoms with E-state index in [2.05, 4.69) is 15.7 Å². The van der Waals surface area contributed by atoms with Gasteiger partial charge in [0.25, 0.3) is 0 Å². The summed E-state index contributed by atoms with van der Waals surface area (Å²) in [5.41, 5.74) is 4.15. The summed E-state index contributed by atoms with van der Waals surface area (Å²) in [7, 11) is 0. The molecule has 1 heterocycles. The van der Waals surface area contributed by atoms with Gasteiger partial charge in [-0.25, -0.2) is 0 Å². The van der Waals surface area contributed by atoms with Crippen LogP contribution < -0.4 is 10.6 Å². The first-order chi connectivity index (χ1) is 10.4. The van der Waals surface area contributed by atoms with Crippen molar-refractivity contribution in [1.29, 1.82) is 0 Å². The molecule has 116 valence electrons. The Morgan fingerprint density at radius 2 is 1.68 bits per heavy atom. The number of rotatable bonds is 3. The van der Waals surface area contributed by atoms with E-state index in [1.807, 2.05) is 39.8 Å². The monoisotopic (exact) mass is 300 g/mol. The number of carbonyl (C=O) groups excluding carboxylic acids is 2. The van der Waals surface area contributed by atoms with E-state index in [1.165, 1.54) is 6.20 Å². The minimum Gasteiger partial charge on any atom is -0.317 e. The van der Waals surface area contributed by atoms with Crippen LogP contribution in [0.15, 0.2) is 24.5 Å². The second kappa shape index (κ2) is 6.43. The zero-order chi connectivity index (χ0) is 16.3. The Morgan fingerprint density at radius 3 is 2.23 bits per heavy atom. The van der Waals surface area contributed by atoms with Crippen LogP contribution in [0.1, 0.15) is 23.6 Å². The molecular formula is C16H20N4O2. The first-order valence-corrected chi connectivity index (χ1v) is 7.13. The Hall–Kier alpha value is -2.63. The third-order valence-corrected chi connectivity index (χ3v) is 3.34. The van der Waals surface area contributed by atoms with E-state index < -0.39 is 11.8 Å². The van der Waals surface area contributed by atoms with Gasteiger partial charge < -0.3 is 10.6 Å². The second-order valence-electron chi connectivity index (χ2n) is 5.27. The van der Waals surface area contributed by atoms with Crippen LogP contribution in [0.2, 0.25) is 0 Å². The maximum atomic E-state index is 12.0. The Bertz CT molecular complexity index is 696. The summed E-state index contributed by atoms with van der Waals surface area (Å²) < 4.78 is 1.67. The fourth-order valence-corrected chi connectivity index (χ4v) is 2.34. The van der Waals surface area contributed by atoms with Crippen molar-refractivity contribution in [2.75, 3.05) is 10.6 Å². The van der Waals surface area contributed by atoms with Crippen molar-refractivity contribution in [2.24, 2.45) is 0 Å². The van der Waals surface area contributed by atoms with Gasteiger partial charge in [0, 0.05) is 18.4 Å². The Balaban J connectivity index is 2.07. The summed E-state index contributed by atoms with van der Waals surface area (Å²) in [5, 5.41) is 9.24. The minimum absolute atomic E-state index is 0.499. The van der Waals surface area contributed by atoms with Crippen molar-refractivity contribution >= 4 is 23.2 Å². The molecule has 0 aliphatic rings. The van der Waals surface area contributed by atoms with Crippen LogP contribution >= 0.6 is 0 Å². The number of carbonyl (C=O) groups is 2. The zero-order valence-electron chi connectivity index (χ0n) is 13.2. The fourth-order valence-electron chi connectivity index (χ4n) is 2.34. The van der Waals surface area contributed by atoms with E-state index in [0.29, 0.717) is 17.9 Å². The molecule has 2 N–H and O–H groups in total. The van der Waals surface area contributed by atoms with Crippen LogP contribution in [-0.2, 0) is 16.1 Å². The molecule has 0 aliphatic carbocycles. The Morgan fingerprint density at radius 1 is 1.09 bits per heavy atom. The molecular weight excluding hydrogens is 280 g/mol. The number of hydrogen-bond donors (Lipinski definition) is 2. The van der Waals surface area contributed by atoms with E-state index in [-0.39, 0.29) is 0 Å². The third-order valence-electron chi connectivity index (χ3n) is 3.34. The number of hydrogen-bond acceptors (Lipinski definition) is 3. The average molecular weight is 300 g/mol. The van der Waals surface area contributed by atoms with Crippen LogP contribution in [0.25, 0.3) is 0 Å². The van der Waals surface area contributed by atoms with Crippen molar-refractivity contribution in [1.82, 2.24) is 9.78 Å². The lowest BCUT2D eigenvalue weighted by Crippen LogP contribution is -2.29. The quantitative estimate of drug-likeness (QED) is 0.855. The van der Waals surface area contributed by atoms with Crippen LogP contribution in [0.5, 0.6) is 0 Å². The number of anilines is 2. The molecule has 0 aliphatic heterocycles. The van der Waals surface area contributed by atoms with Gasteiger partial charge in [-0.05, 0) is 38.8 Å². The number of amides is 2. The molecule has 0 spiro atoms. The first kappa shape index (κ1) is 15.8. The molecule has 0 atom stereocenters. The molecule has 2 rings (SSSR count). The smallest absolute Gasteiger partial charge is 0.314 e. The molecule has 22 heavy (non-hydrogen) atoms. The number of benzene rings is 1. The second-order valence-corrected chi connectivity index (χ2v) is 5.27. The fraction of sp³-hybridized carbons (Fsp3) is 0.312. The average Bonchev–Trinajstić information content (AvgIpc) is 2.90. The number of nitrogens with zero attached hydrogens (tertiary/aromatic N) is 2. The predicted molar refractivity (Wildman–Crippen MR) is 85.8 cm³/mol. The molecule has 1 aromatic carbocycles. The van der Waals surface area contributed by atoms with Gasteiger partial charge >= 0.3 is 11.8 Å². The van der Waals surface area contributed by atoms with Gasteiger partial charge in [0.2, 0.25) is 0 Å². The highest BCUT2D eigenvalue weighted by atomic mass is 16.2. The molecule has 1 aromatic heterocycles. The van der Waals surface area contributed by atoms with Gasteiger partial charge in [-0.1, -0.05) is 17.7 Å². The molecule has 0 bridgehead atoms. The molecule has 2 amide bonds. The molecule has 0 unspecified atom stereocenters. The van der Waals surface area contributed by atoms with Crippen LogP contribution in [0, 0.1) is 20.8 Å². The van der Waals surface area contributed by atoms with Crippen molar-refractivity contribution in [3.63, 3.8) is 0 Å². The van der Waals surface area contributed by atoms with Crippen molar-refractivity contribution in [2.45, 2.75) is 34.2 Å². The summed E-state index contributed by atoms with van der Waals surface area (Å²) >= 11 is 0. The third kappa shape index (κ3) is 3.52. The van der Waals surface area contributed by atoms with Gasteiger partial charge in [-0.15, -0.1) is 0 Å². The molecule has 0 radical (unpaired) electrons. The predicted octanol–water partition coefficient (Wildman–Crippen LogP) is 2.41. The van der Waals surface area contributed by atoms with Crippen LogP contribution in [0.3, 0.4) is 0 Å². The SMILES string of the molecule is CCn1cc(NC(=O)C(=O)Nc2c(C)cc(C)cc2C)cn1. The number of aromatic nitrogens is 2. The number of aryl methyl sites for hydroxylation is 4. The zero-order valence-corrected chi connectivity index (χ0v) is 13.2. The van der Waals surface area contributed by atoms with E-state index in [1.54, 1.807) is 10.9 Å². The summed E-state index contributed by atoms with van der Waals surface area (Å²) in [6.07, 6.45) is 3.19. The van der Waals surface area contributed by atoms with Gasteiger partial charge in [0.15, 0.2) is 0 Å². The van der Waals surface area contributed by atoms with E-state index in [0.717, 1.165) is 16.7 Å². The number of nitrogens with one attached hydrogen (secondary N) is 2. The molecule has 0 fully saturated rings. The first-order valence-electron chi connectivity index (χ1n) is 7.13. The summed E-state index contributed by atoms with van der Waals surface area (Å²) in [5.74, 6) is -1.41. The summed E-state index contributed by atoms with van der Waals surface area (Å²) in [6, 6.07) is 3.93. The lowest BCUT2D eigenvalue weighted by atomic mass is 10.1. The van der Waals surface area contributed by atoms with E-state index in [4.69, 9.17) is 0 Å².